The van der Waals surface area contributed by atoms with Crippen LogP contribution >= 0.6 is 0 Å². The van der Waals surface area contributed by atoms with Crippen LogP contribution in [0.15, 0.2) is 29.2 Å². The molecule has 0 aliphatic carbocycles. The molecule has 0 atom stereocenters. The number of nitrogens with zero attached hydrogens (tertiary/aromatic N) is 2. The fourth-order valence-corrected chi connectivity index (χ4v) is 3.90. The third-order valence-electron chi connectivity index (χ3n) is 3.39. The molecule has 4 nitrogen and oxygen atoms in total. The maximum Gasteiger partial charge on any atom is 0.243 e. The second-order valence-electron chi connectivity index (χ2n) is 5.56. The van der Waals surface area contributed by atoms with Gasteiger partial charge < -0.3 is 4.90 Å². The molecule has 6 heteroatoms. The molecule has 1 heterocycles. The Hall–Kier alpha value is -0.980. The quantitative estimate of drug-likeness (QED) is 0.851. The molecule has 1 aromatic carbocycles. The molecule has 1 aliphatic heterocycles. The minimum absolute atomic E-state index is 0.0369. The van der Waals surface area contributed by atoms with E-state index in [0.29, 0.717) is 19.0 Å². The average molecular weight is 300 g/mol. The van der Waals surface area contributed by atoms with E-state index in [4.69, 9.17) is 0 Å². The molecule has 0 unspecified atom stereocenters. The monoisotopic (exact) mass is 300 g/mol. The second-order valence-corrected chi connectivity index (χ2v) is 7.49. The summed E-state index contributed by atoms with van der Waals surface area (Å²) in [6.07, 6.45) is 0. The Bertz CT molecular complexity index is 552. The van der Waals surface area contributed by atoms with Crippen LogP contribution < -0.4 is 0 Å². The smallest absolute Gasteiger partial charge is 0.243 e. The fourth-order valence-electron chi connectivity index (χ4n) is 2.45. The van der Waals surface area contributed by atoms with Crippen LogP contribution in [0.1, 0.15) is 13.8 Å². The maximum atomic E-state index is 13.2. The molecule has 0 radical (unpaired) electrons. The van der Waals surface area contributed by atoms with Crippen molar-refractivity contribution in [3.8, 4) is 0 Å². The predicted octanol–water partition coefficient (Wildman–Crippen LogP) is 1.79. The standard InChI is InChI=1S/C14H21FN2O2S/c1-12(2)11-16-6-8-17(9-7-16)20(18,19)14-5-3-4-13(15)10-14/h3-5,10,12H,6-9,11H2,1-2H3. The molecular weight excluding hydrogens is 279 g/mol. The lowest BCUT2D eigenvalue weighted by molar-refractivity contribution is 0.172. The first kappa shape index (κ1) is 15.4. The third kappa shape index (κ3) is 3.56. The van der Waals surface area contributed by atoms with Gasteiger partial charge in [-0.05, 0) is 24.1 Å². The minimum atomic E-state index is -3.57. The van der Waals surface area contributed by atoms with Crippen LogP contribution in [0.3, 0.4) is 0 Å². The molecule has 0 aromatic heterocycles. The van der Waals surface area contributed by atoms with Crippen LogP contribution in [0.5, 0.6) is 0 Å². The highest BCUT2D eigenvalue weighted by molar-refractivity contribution is 7.89. The number of benzene rings is 1. The average Bonchev–Trinajstić information content (AvgIpc) is 2.38. The van der Waals surface area contributed by atoms with Gasteiger partial charge in [0, 0.05) is 32.7 Å². The molecule has 1 fully saturated rings. The van der Waals surface area contributed by atoms with Gasteiger partial charge >= 0.3 is 0 Å². The topological polar surface area (TPSA) is 40.6 Å². The Morgan fingerprint density at radius 2 is 1.85 bits per heavy atom. The maximum absolute atomic E-state index is 13.2. The molecule has 112 valence electrons. The van der Waals surface area contributed by atoms with Crippen LogP contribution in [-0.4, -0.2) is 50.3 Å². The van der Waals surface area contributed by atoms with E-state index in [2.05, 4.69) is 18.7 Å². The van der Waals surface area contributed by atoms with E-state index in [1.54, 1.807) is 0 Å². The summed E-state index contributed by atoms with van der Waals surface area (Å²) in [5.41, 5.74) is 0. The van der Waals surface area contributed by atoms with Crippen molar-refractivity contribution >= 4 is 10.0 Å². The summed E-state index contributed by atoms with van der Waals surface area (Å²) in [7, 11) is -3.57. The number of rotatable bonds is 4. The van der Waals surface area contributed by atoms with Crippen LogP contribution in [-0.2, 0) is 10.0 Å². The zero-order chi connectivity index (χ0) is 14.8. The molecule has 1 aromatic rings. The second kappa shape index (κ2) is 6.20. The summed E-state index contributed by atoms with van der Waals surface area (Å²) in [6, 6.07) is 5.20. The summed E-state index contributed by atoms with van der Waals surface area (Å²) in [6.45, 7) is 7.66. The summed E-state index contributed by atoms with van der Waals surface area (Å²) in [4.78, 5) is 2.30. The van der Waals surface area contributed by atoms with Crippen LogP contribution in [0.4, 0.5) is 4.39 Å². The Labute approximate surface area is 120 Å². The molecular formula is C14H21FN2O2S. The molecule has 1 aliphatic rings. The lowest BCUT2D eigenvalue weighted by Crippen LogP contribution is -2.49. The van der Waals surface area contributed by atoms with Gasteiger partial charge in [-0.1, -0.05) is 19.9 Å². The van der Waals surface area contributed by atoms with Gasteiger partial charge in [-0.3, -0.25) is 0 Å². The SMILES string of the molecule is CC(C)CN1CCN(S(=O)(=O)c2cccc(F)c2)CC1. The van der Waals surface area contributed by atoms with Crippen molar-refractivity contribution in [2.75, 3.05) is 32.7 Å². The van der Waals surface area contributed by atoms with E-state index in [0.717, 1.165) is 25.7 Å². The molecule has 0 N–H and O–H groups in total. The summed E-state index contributed by atoms with van der Waals surface area (Å²) in [5.74, 6) is 0.0471. The normalized spacial score (nSPS) is 18.6. The molecule has 0 spiro atoms. The van der Waals surface area contributed by atoms with E-state index in [1.807, 2.05) is 0 Å². The first-order chi connectivity index (χ1) is 9.39. The first-order valence-corrected chi connectivity index (χ1v) is 8.31. The molecule has 2 rings (SSSR count). The van der Waals surface area contributed by atoms with Gasteiger partial charge in [0.1, 0.15) is 5.82 Å². The lowest BCUT2D eigenvalue weighted by Gasteiger charge is -2.34. The lowest BCUT2D eigenvalue weighted by atomic mass is 10.2. The Kier molecular flexibility index (Phi) is 4.78. The van der Waals surface area contributed by atoms with E-state index in [1.165, 1.54) is 22.5 Å². The van der Waals surface area contributed by atoms with Crippen molar-refractivity contribution in [3.63, 3.8) is 0 Å². The van der Waals surface area contributed by atoms with Crippen molar-refractivity contribution in [2.45, 2.75) is 18.7 Å². The zero-order valence-electron chi connectivity index (χ0n) is 11.9. The van der Waals surface area contributed by atoms with Gasteiger partial charge in [0.2, 0.25) is 10.0 Å². The van der Waals surface area contributed by atoms with Gasteiger partial charge in [-0.15, -0.1) is 0 Å². The molecule has 0 amide bonds. The van der Waals surface area contributed by atoms with Crippen LogP contribution in [0.25, 0.3) is 0 Å². The Morgan fingerprint density at radius 3 is 2.40 bits per heavy atom. The van der Waals surface area contributed by atoms with Crippen molar-refractivity contribution in [1.29, 1.82) is 0 Å². The van der Waals surface area contributed by atoms with Crippen LogP contribution in [0.2, 0.25) is 0 Å². The summed E-state index contributed by atoms with van der Waals surface area (Å²) in [5, 5.41) is 0. The largest absolute Gasteiger partial charge is 0.300 e. The van der Waals surface area contributed by atoms with Crippen molar-refractivity contribution in [1.82, 2.24) is 9.21 Å². The number of hydrogen-bond acceptors (Lipinski definition) is 3. The molecule has 20 heavy (non-hydrogen) atoms. The van der Waals surface area contributed by atoms with Gasteiger partial charge in [0.05, 0.1) is 4.90 Å². The zero-order valence-corrected chi connectivity index (χ0v) is 12.7. The van der Waals surface area contributed by atoms with Gasteiger partial charge in [0.15, 0.2) is 0 Å². The third-order valence-corrected chi connectivity index (χ3v) is 5.28. The predicted molar refractivity (Wildman–Crippen MR) is 76.4 cm³/mol. The highest BCUT2D eigenvalue weighted by Crippen LogP contribution is 2.18. The Balaban J connectivity index is 2.06. The highest BCUT2D eigenvalue weighted by Gasteiger charge is 2.28. The first-order valence-electron chi connectivity index (χ1n) is 6.87. The molecule has 0 saturated carbocycles. The Morgan fingerprint density at radius 1 is 1.20 bits per heavy atom. The van der Waals surface area contributed by atoms with Crippen molar-refractivity contribution in [2.24, 2.45) is 5.92 Å². The van der Waals surface area contributed by atoms with E-state index < -0.39 is 15.8 Å². The van der Waals surface area contributed by atoms with E-state index in [-0.39, 0.29) is 4.90 Å². The summed E-state index contributed by atoms with van der Waals surface area (Å²) < 4.78 is 39.4. The number of halogens is 1. The number of sulfonamides is 1. The highest BCUT2D eigenvalue weighted by atomic mass is 32.2. The summed E-state index contributed by atoms with van der Waals surface area (Å²) >= 11 is 0. The van der Waals surface area contributed by atoms with Gasteiger partial charge in [-0.25, -0.2) is 12.8 Å². The van der Waals surface area contributed by atoms with Crippen molar-refractivity contribution < 1.29 is 12.8 Å². The van der Waals surface area contributed by atoms with E-state index in [9.17, 15) is 12.8 Å². The fraction of sp³-hybridized carbons (Fsp3) is 0.571. The molecule has 0 bridgehead atoms. The van der Waals surface area contributed by atoms with Crippen LogP contribution in [0, 0.1) is 11.7 Å². The van der Waals surface area contributed by atoms with Crippen molar-refractivity contribution in [3.05, 3.63) is 30.1 Å². The van der Waals surface area contributed by atoms with Gasteiger partial charge in [0.25, 0.3) is 0 Å². The van der Waals surface area contributed by atoms with E-state index >= 15 is 0 Å². The number of hydrogen-bond donors (Lipinski definition) is 0. The minimum Gasteiger partial charge on any atom is -0.300 e. The van der Waals surface area contributed by atoms with Gasteiger partial charge in [-0.2, -0.15) is 4.31 Å². The molecule has 1 saturated heterocycles. The number of piperazine rings is 1.